The van der Waals surface area contributed by atoms with Crippen LogP contribution in [0.1, 0.15) is 25.7 Å². The number of hydrogen-bond donors (Lipinski definition) is 0. The van der Waals surface area contributed by atoms with Crippen molar-refractivity contribution in [3.05, 3.63) is 61.2 Å². The topological polar surface area (TPSA) is 94.4 Å². The maximum atomic E-state index is 11.5. The fourth-order valence-corrected chi connectivity index (χ4v) is 3.09. The Kier molecular flexibility index (Phi) is 9.21. The van der Waals surface area contributed by atoms with Crippen LogP contribution >= 0.6 is 0 Å². The molecule has 2 aromatic rings. The van der Waals surface area contributed by atoms with E-state index in [0.717, 1.165) is 37.7 Å². The molecule has 0 unspecified atom stereocenters. The summed E-state index contributed by atoms with van der Waals surface area (Å²) in [5.74, 6) is 0.373. The molecule has 0 aromatic heterocycles. The summed E-state index contributed by atoms with van der Waals surface area (Å²) in [5.41, 5.74) is 1.24. The quantitative estimate of drug-likeness (QED) is 0.200. The van der Waals surface area contributed by atoms with E-state index in [9.17, 15) is 13.2 Å². The third-order valence-corrected chi connectivity index (χ3v) is 5.23. The number of sulfone groups is 1. The highest BCUT2D eigenvalue weighted by Crippen LogP contribution is 2.22. The molecule has 0 N–H and O–H groups in total. The first-order chi connectivity index (χ1) is 14.4. The second-order valence-corrected chi connectivity index (χ2v) is 8.61. The lowest BCUT2D eigenvalue weighted by molar-refractivity contribution is -0.137. The van der Waals surface area contributed by atoms with E-state index in [1.807, 2.05) is 12.1 Å². The predicted octanol–water partition coefficient (Wildman–Crippen LogP) is 5.17. The molecule has 2 rings (SSSR count). The Morgan fingerprint density at radius 2 is 1.43 bits per heavy atom. The van der Waals surface area contributed by atoms with Gasteiger partial charge in [0.1, 0.15) is 5.75 Å². The van der Waals surface area contributed by atoms with Gasteiger partial charge in [-0.2, -0.15) is 10.2 Å². The van der Waals surface area contributed by atoms with Gasteiger partial charge in [-0.05, 0) is 74.2 Å². The van der Waals surface area contributed by atoms with Crippen LogP contribution in [0.4, 0.5) is 11.4 Å². The summed E-state index contributed by atoms with van der Waals surface area (Å²) in [7, 11) is -3.22. The number of hydrogen-bond acceptors (Lipinski definition) is 7. The summed E-state index contributed by atoms with van der Waals surface area (Å²) in [5, 5.41) is 8.25. The van der Waals surface area contributed by atoms with Gasteiger partial charge in [0, 0.05) is 12.3 Å². The van der Waals surface area contributed by atoms with Crippen LogP contribution in [-0.4, -0.2) is 33.9 Å². The summed E-state index contributed by atoms with van der Waals surface area (Å²) in [6, 6.07) is 13.5. The van der Waals surface area contributed by atoms with E-state index in [1.165, 1.54) is 18.2 Å². The Bertz CT molecular complexity index is 952. The Balaban J connectivity index is 1.69. The van der Waals surface area contributed by atoms with Crippen molar-refractivity contribution < 1.29 is 22.7 Å². The van der Waals surface area contributed by atoms with Gasteiger partial charge < -0.3 is 9.47 Å². The lowest BCUT2D eigenvalue weighted by Gasteiger charge is -2.06. The summed E-state index contributed by atoms with van der Waals surface area (Å²) in [4.78, 5) is 11.1. The third kappa shape index (κ3) is 8.57. The van der Waals surface area contributed by atoms with Gasteiger partial charge >= 0.3 is 5.97 Å². The number of benzene rings is 2. The first kappa shape index (κ1) is 23.3. The number of unbranched alkanes of at least 4 members (excludes halogenated alkanes) is 3. The number of carbonyl (C=O) groups is 1. The number of ether oxygens (including phenoxy) is 2. The van der Waals surface area contributed by atoms with E-state index in [0.29, 0.717) is 24.6 Å². The molecule has 7 nitrogen and oxygen atoms in total. The van der Waals surface area contributed by atoms with Gasteiger partial charge in [0.2, 0.25) is 0 Å². The number of nitrogens with zero attached hydrogens (tertiary/aromatic N) is 2. The Morgan fingerprint density at radius 3 is 1.97 bits per heavy atom. The molecule has 0 heterocycles. The highest BCUT2D eigenvalue weighted by atomic mass is 32.2. The number of esters is 1. The smallest absolute Gasteiger partial charge is 0.330 e. The summed E-state index contributed by atoms with van der Waals surface area (Å²) < 4.78 is 33.5. The lowest BCUT2D eigenvalue weighted by Crippen LogP contribution is -2.02. The van der Waals surface area contributed by atoms with Crippen LogP contribution in [0.25, 0.3) is 0 Å². The van der Waals surface area contributed by atoms with E-state index in [2.05, 4.69) is 16.8 Å². The molecule has 0 fully saturated rings. The molecule has 0 bridgehead atoms. The predicted molar refractivity (Wildman–Crippen MR) is 115 cm³/mol. The molecule has 0 saturated carbocycles. The van der Waals surface area contributed by atoms with Crippen LogP contribution in [0.2, 0.25) is 0 Å². The Labute approximate surface area is 177 Å². The maximum Gasteiger partial charge on any atom is 0.330 e. The average Bonchev–Trinajstić information content (AvgIpc) is 2.74. The molecule has 0 radical (unpaired) electrons. The molecule has 0 atom stereocenters. The van der Waals surface area contributed by atoms with E-state index in [1.54, 1.807) is 24.3 Å². The standard InChI is InChI=1S/C22H26N2O5S/c1-3-22(25)29-17-7-5-4-6-16-28-20-12-8-18(9-13-20)23-24-19-10-14-21(15-11-19)30(2,26)27/h3,8-15H,1,4-7,16-17H2,2H3. The van der Waals surface area contributed by atoms with Crippen LogP contribution in [0.5, 0.6) is 5.75 Å². The number of rotatable bonds is 12. The number of carbonyl (C=O) groups excluding carboxylic acids is 1. The Hall–Kier alpha value is -3.00. The second kappa shape index (κ2) is 11.9. The summed E-state index contributed by atoms with van der Waals surface area (Å²) in [6.07, 6.45) is 6.04. The van der Waals surface area contributed by atoms with Crippen molar-refractivity contribution in [3.63, 3.8) is 0 Å². The minimum Gasteiger partial charge on any atom is -0.494 e. The first-order valence-corrected chi connectivity index (χ1v) is 11.5. The van der Waals surface area contributed by atoms with Crippen molar-refractivity contribution in [2.45, 2.75) is 30.6 Å². The van der Waals surface area contributed by atoms with Gasteiger partial charge in [0.25, 0.3) is 0 Å². The van der Waals surface area contributed by atoms with Crippen molar-refractivity contribution in [2.24, 2.45) is 10.2 Å². The molecule has 0 saturated heterocycles. The molecule has 8 heteroatoms. The van der Waals surface area contributed by atoms with Crippen molar-refractivity contribution in [3.8, 4) is 5.75 Å². The van der Waals surface area contributed by atoms with Gasteiger partial charge in [-0.3, -0.25) is 0 Å². The minimum atomic E-state index is -3.22. The van der Waals surface area contributed by atoms with E-state index in [-0.39, 0.29) is 10.9 Å². The van der Waals surface area contributed by atoms with E-state index >= 15 is 0 Å². The van der Waals surface area contributed by atoms with Crippen molar-refractivity contribution >= 4 is 27.2 Å². The highest BCUT2D eigenvalue weighted by molar-refractivity contribution is 7.90. The maximum absolute atomic E-state index is 11.5. The molecule has 0 aliphatic rings. The zero-order chi connectivity index (χ0) is 21.8. The van der Waals surface area contributed by atoms with Gasteiger partial charge in [-0.25, -0.2) is 13.2 Å². The molecular weight excluding hydrogens is 404 g/mol. The molecule has 0 amide bonds. The van der Waals surface area contributed by atoms with Gasteiger partial charge in [0.15, 0.2) is 9.84 Å². The SMILES string of the molecule is C=CC(=O)OCCCCCCOc1ccc(N=Nc2ccc(S(C)(=O)=O)cc2)cc1. The fraction of sp³-hybridized carbons (Fsp3) is 0.318. The normalized spacial score (nSPS) is 11.4. The van der Waals surface area contributed by atoms with Gasteiger partial charge in [-0.15, -0.1) is 0 Å². The Morgan fingerprint density at radius 1 is 0.900 bits per heavy atom. The van der Waals surface area contributed by atoms with E-state index < -0.39 is 9.84 Å². The molecule has 160 valence electrons. The highest BCUT2D eigenvalue weighted by Gasteiger charge is 2.05. The number of azo groups is 1. The monoisotopic (exact) mass is 430 g/mol. The lowest BCUT2D eigenvalue weighted by atomic mass is 10.2. The van der Waals surface area contributed by atoms with Crippen LogP contribution in [0, 0.1) is 0 Å². The second-order valence-electron chi connectivity index (χ2n) is 6.59. The van der Waals surface area contributed by atoms with Gasteiger partial charge in [-0.1, -0.05) is 6.58 Å². The molecule has 0 aliphatic heterocycles. The summed E-state index contributed by atoms with van der Waals surface area (Å²) >= 11 is 0. The molecule has 0 spiro atoms. The van der Waals surface area contributed by atoms with Crippen LogP contribution < -0.4 is 4.74 Å². The van der Waals surface area contributed by atoms with Crippen LogP contribution in [0.3, 0.4) is 0 Å². The molecule has 0 aliphatic carbocycles. The average molecular weight is 431 g/mol. The molecule has 2 aromatic carbocycles. The first-order valence-electron chi connectivity index (χ1n) is 9.62. The van der Waals surface area contributed by atoms with Crippen LogP contribution in [0.15, 0.2) is 76.3 Å². The largest absolute Gasteiger partial charge is 0.494 e. The minimum absolute atomic E-state index is 0.249. The van der Waals surface area contributed by atoms with Crippen molar-refractivity contribution in [2.75, 3.05) is 19.5 Å². The van der Waals surface area contributed by atoms with Crippen molar-refractivity contribution in [1.29, 1.82) is 0 Å². The zero-order valence-electron chi connectivity index (χ0n) is 17.0. The zero-order valence-corrected chi connectivity index (χ0v) is 17.8. The molecular formula is C22H26N2O5S. The van der Waals surface area contributed by atoms with Crippen molar-refractivity contribution in [1.82, 2.24) is 0 Å². The van der Waals surface area contributed by atoms with Crippen LogP contribution in [-0.2, 0) is 19.4 Å². The third-order valence-electron chi connectivity index (χ3n) is 4.10. The molecule has 30 heavy (non-hydrogen) atoms. The van der Waals surface area contributed by atoms with Gasteiger partial charge in [0.05, 0.1) is 29.5 Å². The van der Waals surface area contributed by atoms with E-state index in [4.69, 9.17) is 9.47 Å². The fourth-order valence-electron chi connectivity index (χ4n) is 2.46. The summed E-state index contributed by atoms with van der Waals surface area (Å²) in [6.45, 7) is 4.38.